The highest BCUT2D eigenvalue weighted by Gasteiger charge is 2.61. The number of nitrogens with zero attached hydrogens (tertiary/aromatic N) is 1. The zero-order chi connectivity index (χ0) is 14.4. The molecule has 0 aromatic rings. The normalized spacial score (nSPS) is 36.9. The zero-order valence-electron chi connectivity index (χ0n) is 12.3. The molecular weight excluding hydrogens is 264 g/mol. The number of carbonyl (C=O) groups excluding carboxylic acids is 1. The van der Waals surface area contributed by atoms with Gasteiger partial charge >= 0.3 is 5.97 Å². The van der Waals surface area contributed by atoms with Crippen LogP contribution in [0.5, 0.6) is 0 Å². The first-order valence-electron chi connectivity index (χ1n) is 7.81. The number of esters is 1. The highest BCUT2D eigenvalue weighted by atomic mass is 16.6. The van der Waals surface area contributed by atoms with Crippen molar-refractivity contribution < 1.29 is 9.53 Å². The van der Waals surface area contributed by atoms with E-state index in [4.69, 9.17) is 4.74 Å². The summed E-state index contributed by atoms with van der Waals surface area (Å²) in [7, 11) is 1.89. The molecule has 3 unspecified atom stereocenters. The summed E-state index contributed by atoms with van der Waals surface area (Å²) in [5.74, 6) is 6.17. The van der Waals surface area contributed by atoms with Gasteiger partial charge in [-0.2, -0.15) is 0 Å². The van der Waals surface area contributed by atoms with Crippen LogP contribution in [-0.2, 0) is 9.53 Å². The van der Waals surface area contributed by atoms with E-state index in [-0.39, 0.29) is 5.97 Å². The maximum absolute atomic E-state index is 11.9. The molecule has 4 nitrogen and oxygen atoms in total. The van der Waals surface area contributed by atoms with Crippen LogP contribution in [-0.4, -0.2) is 48.7 Å². The molecule has 21 heavy (non-hydrogen) atoms. The van der Waals surface area contributed by atoms with E-state index in [2.05, 4.69) is 28.1 Å². The Morgan fingerprint density at radius 2 is 2.43 bits per heavy atom. The van der Waals surface area contributed by atoms with Crippen LogP contribution in [0.2, 0.25) is 0 Å². The minimum absolute atomic E-state index is 0.195. The summed E-state index contributed by atoms with van der Waals surface area (Å²) in [5, 5.41) is 3.03. The van der Waals surface area contributed by atoms with Crippen molar-refractivity contribution in [2.75, 3.05) is 20.1 Å². The second kappa shape index (κ2) is 4.72. The van der Waals surface area contributed by atoms with Gasteiger partial charge in [-0.25, -0.2) is 4.79 Å². The van der Waals surface area contributed by atoms with Crippen molar-refractivity contribution in [3.8, 4) is 11.8 Å². The maximum Gasteiger partial charge on any atom is 0.332 e. The van der Waals surface area contributed by atoms with E-state index in [1.165, 1.54) is 12.8 Å². The minimum atomic E-state index is -0.416. The first-order valence-corrected chi connectivity index (χ1v) is 7.81. The molecule has 2 fully saturated rings. The van der Waals surface area contributed by atoms with Gasteiger partial charge in [0, 0.05) is 29.7 Å². The van der Waals surface area contributed by atoms with Gasteiger partial charge in [-0.05, 0) is 26.4 Å². The molecule has 3 aliphatic heterocycles. The van der Waals surface area contributed by atoms with Crippen LogP contribution in [0, 0.1) is 11.8 Å². The molecule has 0 aromatic carbocycles. The first kappa shape index (κ1) is 13.1. The lowest BCUT2D eigenvalue weighted by Crippen LogP contribution is -2.48. The summed E-state index contributed by atoms with van der Waals surface area (Å²) in [6.07, 6.45) is 8.42. The van der Waals surface area contributed by atoms with Crippen LogP contribution in [0.4, 0.5) is 0 Å². The fourth-order valence-electron chi connectivity index (χ4n) is 4.40. The van der Waals surface area contributed by atoms with Crippen molar-refractivity contribution in [1.82, 2.24) is 10.2 Å². The SMILES string of the molecule is CNCC#CC1=CC2CC3(OC(=O)C=C13)C1CCCCN21. The lowest BCUT2D eigenvalue weighted by molar-refractivity contribution is -0.148. The standard InChI is InChI=1S/C17H20N2O2/c1-18-7-4-5-12-9-13-11-17(14(12)10-16(20)21-17)15-6-2-3-8-19(13)15/h9-10,13,15,18H,2-3,6-8,11H2,1H3. The van der Waals surface area contributed by atoms with Crippen molar-refractivity contribution in [2.45, 2.75) is 43.4 Å². The summed E-state index contributed by atoms with van der Waals surface area (Å²) < 4.78 is 5.85. The molecular formula is C17H20N2O2. The molecule has 0 saturated carbocycles. The highest BCUT2D eigenvalue weighted by Crippen LogP contribution is 2.53. The second-order valence-corrected chi connectivity index (χ2v) is 6.30. The van der Waals surface area contributed by atoms with Crippen LogP contribution in [0.1, 0.15) is 25.7 Å². The molecule has 0 amide bonds. The van der Waals surface area contributed by atoms with E-state index in [1.54, 1.807) is 6.08 Å². The lowest BCUT2D eigenvalue weighted by atomic mass is 9.77. The van der Waals surface area contributed by atoms with E-state index in [1.807, 2.05) is 7.05 Å². The van der Waals surface area contributed by atoms with Crippen molar-refractivity contribution in [3.05, 3.63) is 23.3 Å². The maximum atomic E-state index is 11.9. The molecule has 1 aliphatic carbocycles. The molecule has 0 aromatic heterocycles. The molecule has 0 radical (unpaired) electrons. The smallest absolute Gasteiger partial charge is 0.332 e. The van der Waals surface area contributed by atoms with E-state index < -0.39 is 5.60 Å². The third-order valence-corrected chi connectivity index (χ3v) is 5.16. The molecule has 1 spiro atoms. The predicted octanol–water partition coefficient (Wildman–Crippen LogP) is 0.998. The molecule has 1 N–H and O–H groups in total. The van der Waals surface area contributed by atoms with E-state index in [0.29, 0.717) is 18.6 Å². The van der Waals surface area contributed by atoms with E-state index in [0.717, 1.165) is 30.5 Å². The van der Waals surface area contributed by atoms with Crippen molar-refractivity contribution in [1.29, 1.82) is 0 Å². The number of fused-ring (bicyclic) bond motifs is 3. The third-order valence-electron chi connectivity index (χ3n) is 5.16. The molecule has 4 rings (SSSR count). The molecule has 3 heterocycles. The molecule has 2 saturated heterocycles. The van der Waals surface area contributed by atoms with Gasteiger partial charge in [0.2, 0.25) is 0 Å². The summed E-state index contributed by atoms with van der Waals surface area (Å²) in [5.41, 5.74) is 1.61. The van der Waals surface area contributed by atoms with Crippen molar-refractivity contribution in [3.63, 3.8) is 0 Å². The van der Waals surface area contributed by atoms with Gasteiger partial charge in [-0.1, -0.05) is 24.3 Å². The van der Waals surface area contributed by atoms with Crippen molar-refractivity contribution >= 4 is 5.97 Å². The average Bonchev–Trinajstić information content (AvgIpc) is 2.96. The predicted molar refractivity (Wildman–Crippen MR) is 79.4 cm³/mol. The van der Waals surface area contributed by atoms with Crippen LogP contribution in [0.25, 0.3) is 0 Å². The van der Waals surface area contributed by atoms with E-state index in [9.17, 15) is 4.79 Å². The van der Waals surface area contributed by atoms with Gasteiger partial charge in [0.25, 0.3) is 0 Å². The zero-order valence-corrected chi connectivity index (χ0v) is 12.3. The van der Waals surface area contributed by atoms with Gasteiger partial charge < -0.3 is 10.1 Å². The van der Waals surface area contributed by atoms with Crippen molar-refractivity contribution in [2.24, 2.45) is 0 Å². The fourth-order valence-corrected chi connectivity index (χ4v) is 4.40. The van der Waals surface area contributed by atoms with Gasteiger partial charge in [0.15, 0.2) is 5.60 Å². The third kappa shape index (κ3) is 1.81. The number of nitrogens with one attached hydrogen (secondary N) is 1. The molecule has 4 aliphatic rings. The molecule has 2 bridgehead atoms. The van der Waals surface area contributed by atoms with Gasteiger partial charge in [0.05, 0.1) is 12.6 Å². The minimum Gasteiger partial charge on any atom is -0.449 e. The number of hydrogen-bond acceptors (Lipinski definition) is 4. The Bertz CT molecular complexity index is 610. The second-order valence-electron chi connectivity index (χ2n) is 6.30. The summed E-state index contributed by atoms with van der Waals surface area (Å²) in [6, 6.07) is 0.714. The number of rotatable bonds is 1. The van der Waals surface area contributed by atoms with Crippen LogP contribution < -0.4 is 5.32 Å². The Balaban J connectivity index is 1.77. The number of hydrogen-bond donors (Lipinski definition) is 1. The highest BCUT2D eigenvalue weighted by molar-refractivity contribution is 5.90. The monoisotopic (exact) mass is 284 g/mol. The first-order chi connectivity index (χ1) is 10.2. The Morgan fingerprint density at radius 1 is 1.52 bits per heavy atom. The van der Waals surface area contributed by atoms with Gasteiger partial charge in [-0.3, -0.25) is 4.90 Å². The quantitative estimate of drug-likeness (QED) is 0.576. The van der Waals surface area contributed by atoms with Gasteiger partial charge in [0.1, 0.15) is 0 Å². The van der Waals surface area contributed by atoms with Gasteiger partial charge in [-0.15, -0.1) is 0 Å². The topological polar surface area (TPSA) is 41.6 Å². The van der Waals surface area contributed by atoms with E-state index >= 15 is 0 Å². The largest absolute Gasteiger partial charge is 0.449 e. The Labute approximate surface area is 125 Å². The molecule has 110 valence electrons. The Morgan fingerprint density at radius 3 is 3.29 bits per heavy atom. The Hall–Kier alpha value is -1.57. The molecule has 4 heteroatoms. The average molecular weight is 284 g/mol. The number of ether oxygens (including phenoxy) is 1. The summed E-state index contributed by atoms with van der Waals surface area (Å²) in [4.78, 5) is 14.5. The number of carbonyl (C=O) groups is 1. The molecule has 3 atom stereocenters. The number of piperidine rings is 1. The lowest BCUT2D eigenvalue weighted by Gasteiger charge is -2.38. The van der Waals surface area contributed by atoms with Crippen LogP contribution in [0.3, 0.4) is 0 Å². The fraction of sp³-hybridized carbons (Fsp3) is 0.588. The van der Waals surface area contributed by atoms with Crippen LogP contribution >= 0.6 is 0 Å². The summed E-state index contributed by atoms with van der Waals surface area (Å²) >= 11 is 0. The summed E-state index contributed by atoms with van der Waals surface area (Å²) in [6.45, 7) is 1.76. The van der Waals surface area contributed by atoms with Crippen LogP contribution in [0.15, 0.2) is 23.3 Å². The Kier molecular flexibility index (Phi) is 2.95.